The second-order valence-electron chi connectivity index (χ2n) is 8.38. The molecule has 0 fully saturated rings. The molecule has 0 aliphatic rings. The van der Waals surface area contributed by atoms with Crippen molar-refractivity contribution >= 4 is 6.08 Å². The van der Waals surface area contributed by atoms with Gasteiger partial charge in [-0.15, -0.1) is 0 Å². The molecule has 4 nitrogen and oxygen atoms in total. The summed E-state index contributed by atoms with van der Waals surface area (Å²) in [6, 6.07) is 5.76. The van der Waals surface area contributed by atoms with E-state index in [0.29, 0.717) is 18.0 Å². The summed E-state index contributed by atoms with van der Waals surface area (Å²) in [4.78, 5) is 0. The molecular weight excluding hydrogens is 314 g/mol. The van der Waals surface area contributed by atoms with E-state index in [1.807, 2.05) is 37.3 Å². The van der Waals surface area contributed by atoms with Gasteiger partial charge >= 0.3 is 0 Å². The summed E-state index contributed by atoms with van der Waals surface area (Å²) < 4.78 is 11.1. The SMILES string of the molecule is C/C=C/c1ccc(OC[C@@H](O)CNC(C)(C)CC(C)(C)C)c(OC)c1. The highest BCUT2D eigenvalue weighted by molar-refractivity contribution is 5.55. The fraction of sp³-hybridized carbons (Fsp3) is 0.619. The maximum absolute atomic E-state index is 10.2. The van der Waals surface area contributed by atoms with Crippen molar-refractivity contribution in [2.24, 2.45) is 5.41 Å². The summed E-state index contributed by atoms with van der Waals surface area (Å²) in [7, 11) is 1.62. The summed E-state index contributed by atoms with van der Waals surface area (Å²) in [5.41, 5.74) is 1.25. The van der Waals surface area contributed by atoms with Gasteiger partial charge < -0.3 is 19.9 Å². The fourth-order valence-corrected chi connectivity index (χ4v) is 3.13. The molecule has 0 amide bonds. The normalized spacial score (nSPS) is 13.9. The monoisotopic (exact) mass is 349 g/mol. The van der Waals surface area contributed by atoms with Crippen LogP contribution >= 0.6 is 0 Å². The summed E-state index contributed by atoms with van der Waals surface area (Å²) >= 11 is 0. The van der Waals surface area contributed by atoms with Gasteiger partial charge in [-0.1, -0.05) is 39.0 Å². The van der Waals surface area contributed by atoms with Gasteiger partial charge in [0.05, 0.1) is 7.11 Å². The van der Waals surface area contributed by atoms with Crippen LogP contribution < -0.4 is 14.8 Å². The van der Waals surface area contributed by atoms with E-state index in [0.717, 1.165) is 12.0 Å². The molecule has 1 rings (SSSR count). The first-order valence-electron chi connectivity index (χ1n) is 8.93. The second-order valence-corrected chi connectivity index (χ2v) is 8.38. The maximum Gasteiger partial charge on any atom is 0.161 e. The van der Waals surface area contributed by atoms with Crippen molar-refractivity contribution < 1.29 is 14.6 Å². The lowest BCUT2D eigenvalue weighted by Gasteiger charge is -2.34. The molecule has 1 aromatic carbocycles. The van der Waals surface area contributed by atoms with Crippen molar-refractivity contribution in [3.05, 3.63) is 29.8 Å². The Morgan fingerprint density at radius 2 is 1.84 bits per heavy atom. The molecule has 2 N–H and O–H groups in total. The molecule has 1 aromatic rings. The standard InChI is InChI=1S/C21H35NO3/c1-8-9-16-10-11-18(19(12-16)24-7)25-14-17(23)13-22-21(5,6)15-20(2,3)4/h8-12,17,22-23H,13-15H2,1-7H3/b9-8+/t17-/m0/s1. The zero-order chi connectivity index (χ0) is 19.1. The van der Waals surface area contributed by atoms with Crippen LogP contribution in [0.5, 0.6) is 11.5 Å². The van der Waals surface area contributed by atoms with E-state index in [2.05, 4.69) is 39.9 Å². The molecule has 25 heavy (non-hydrogen) atoms. The molecular formula is C21H35NO3. The summed E-state index contributed by atoms with van der Waals surface area (Å²) in [6.07, 6.45) is 4.42. The Bertz CT molecular complexity index is 559. The van der Waals surface area contributed by atoms with Crippen LogP contribution in [0, 0.1) is 5.41 Å². The van der Waals surface area contributed by atoms with Crippen molar-refractivity contribution in [3.8, 4) is 11.5 Å². The first-order valence-corrected chi connectivity index (χ1v) is 8.93. The molecule has 4 heteroatoms. The first kappa shape index (κ1) is 21.5. The molecule has 142 valence electrons. The van der Waals surface area contributed by atoms with Crippen molar-refractivity contribution in [3.63, 3.8) is 0 Å². The van der Waals surface area contributed by atoms with Gasteiger partial charge in [-0.25, -0.2) is 0 Å². The van der Waals surface area contributed by atoms with Crippen molar-refractivity contribution in [1.29, 1.82) is 0 Å². The third-order valence-corrected chi connectivity index (χ3v) is 3.77. The van der Waals surface area contributed by atoms with E-state index in [1.165, 1.54) is 0 Å². The van der Waals surface area contributed by atoms with Gasteiger partial charge in [0, 0.05) is 12.1 Å². The van der Waals surface area contributed by atoms with E-state index in [-0.39, 0.29) is 17.6 Å². The predicted octanol–water partition coefficient (Wildman–Crippen LogP) is 4.27. The van der Waals surface area contributed by atoms with Gasteiger partial charge in [-0.05, 0) is 50.3 Å². The average molecular weight is 350 g/mol. The Labute approximate surface area is 153 Å². The molecule has 0 heterocycles. The Balaban J connectivity index is 2.55. The van der Waals surface area contributed by atoms with Crippen LogP contribution in [0.25, 0.3) is 6.08 Å². The second kappa shape index (κ2) is 9.25. The van der Waals surface area contributed by atoms with Crippen LogP contribution in [0.1, 0.15) is 53.5 Å². The highest BCUT2D eigenvalue weighted by Crippen LogP contribution is 2.29. The molecule has 0 aliphatic heterocycles. The Hall–Kier alpha value is -1.52. The molecule has 0 aromatic heterocycles. The van der Waals surface area contributed by atoms with E-state index in [4.69, 9.17) is 9.47 Å². The van der Waals surface area contributed by atoms with Crippen LogP contribution in [0.4, 0.5) is 0 Å². The third-order valence-electron chi connectivity index (χ3n) is 3.77. The number of hydrogen-bond donors (Lipinski definition) is 2. The minimum absolute atomic E-state index is 0.0367. The fourth-order valence-electron chi connectivity index (χ4n) is 3.13. The lowest BCUT2D eigenvalue weighted by atomic mass is 9.82. The average Bonchev–Trinajstić information content (AvgIpc) is 2.49. The smallest absolute Gasteiger partial charge is 0.161 e. The van der Waals surface area contributed by atoms with Crippen LogP contribution in [0.15, 0.2) is 24.3 Å². The highest BCUT2D eigenvalue weighted by Gasteiger charge is 2.25. The van der Waals surface area contributed by atoms with Crippen molar-refractivity contribution in [2.75, 3.05) is 20.3 Å². The number of β-amino-alcohol motifs (C(OH)–C–C–N with tert-alkyl or cyclic N) is 1. The van der Waals surface area contributed by atoms with Crippen LogP contribution in [0.3, 0.4) is 0 Å². The Kier molecular flexibility index (Phi) is 7.97. The van der Waals surface area contributed by atoms with Crippen LogP contribution in [0.2, 0.25) is 0 Å². The van der Waals surface area contributed by atoms with Gasteiger partial charge in [0.1, 0.15) is 12.7 Å². The zero-order valence-corrected chi connectivity index (χ0v) is 16.8. The Morgan fingerprint density at radius 1 is 1.16 bits per heavy atom. The lowest BCUT2D eigenvalue weighted by molar-refractivity contribution is 0.0930. The summed E-state index contributed by atoms with van der Waals surface area (Å²) in [5.74, 6) is 1.31. The predicted molar refractivity (Wildman–Crippen MR) is 105 cm³/mol. The molecule has 0 saturated carbocycles. The number of methoxy groups -OCH3 is 1. The van der Waals surface area contributed by atoms with Gasteiger partial charge in [-0.2, -0.15) is 0 Å². The van der Waals surface area contributed by atoms with Gasteiger partial charge in [0.25, 0.3) is 0 Å². The van der Waals surface area contributed by atoms with Gasteiger partial charge in [-0.3, -0.25) is 0 Å². The minimum atomic E-state index is -0.584. The topological polar surface area (TPSA) is 50.7 Å². The van der Waals surface area contributed by atoms with Crippen molar-refractivity contribution in [1.82, 2.24) is 5.32 Å². The van der Waals surface area contributed by atoms with Crippen molar-refractivity contribution in [2.45, 2.75) is 59.6 Å². The number of hydrogen-bond acceptors (Lipinski definition) is 4. The van der Waals surface area contributed by atoms with Gasteiger partial charge in [0.2, 0.25) is 0 Å². The number of aliphatic hydroxyl groups is 1. The number of ether oxygens (including phenoxy) is 2. The minimum Gasteiger partial charge on any atom is -0.493 e. The molecule has 0 aliphatic carbocycles. The summed E-state index contributed by atoms with van der Waals surface area (Å²) in [6.45, 7) is 13.7. The third kappa shape index (κ3) is 8.41. The van der Waals surface area contributed by atoms with Gasteiger partial charge in [0.15, 0.2) is 11.5 Å². The zero-order valence-electron chi connectivity index (χ0n) is 16.8. The van der Waals surface area contributed by atoms with Crippen LogP contribution in [-0.4, -0.2) is 37.0 Å². The molecule has 0 radical (unpaired) electrons. The molecule has 1 atom stereocenters. The Morgan fingerprint density at radius 3 is 2.40 bits per heavy atom. The number of rotatable bonds is 9. The number of aliphatic hydroxyl groups excluding tert-OH is 1. The first-order chi connectivity index (χ1) is 11.6. The number of allylic oxidation sites excluding steroid dienone is 1. The molecule has 0 spiro atoms. The molecule has 0 saturated heterocycles. The largest absolute Gasteiger partial charge is 0.493 e. The molecule has 0 bridgehead atoms. The van der Waals surface area contributed by atoms with Crippen LogP contribution in [-0.2, 0) is 0 Å². The molecule has 0 unspecified atom stereocenters. The number of nitrogens with one attached hydrogen (secondary N) is 1. The van der Waals surface area contributed by atoms with E-state index < -0.39 is 6.10 Å². The lowest BCUT2D eigenvalue weighted by Crippen LogP contribution is -2.46. The maximum atomic E-state index is 10.2. The highest BCUT2D eigenvalue weighted by atomic mass is 16.5. The number of benzene rings is 1. The summed E-state index contributed by atoms with van der Waals surface area (Å²) in [5, 5.41) is 13.7. The van der Waals surface area contributed by atoms with E-state index in [1.54, 1.807) is 7.11 Å². The quantitative estimate of drug-likeness (QED) is 0.699. The van der Waals surface area contributed by atoms with E-state index >= 15 is 0 Å². The van der Waals surface area contributed by atoms with E-state index in [9.17, 15) is 5.11 Å².